The van der Waals surface area contributed by atoms with Crippen molar-refractivity contribution in [2.24, 2.45) is 0 Å². The van der Waals surface area contributed by atoms with E-state index in [9.17, 15) is 13.0 Å². The molecule has 0 aliphatic heterocycles. The Hall–Kier alpha value is -3.48. The Morgan fingerprint density at radius 2 is 1.62 bits per heavy atom. The van der Waals surface area contributed by atoms with Crippen LogP contribution in [0.4, 0.5) is 0 Å². The van der Waals surface area contributed by atoms with Crippen LogP contribution in [0, 0.1) is 13.8 Å². The second-order valence-corrected chi connectivity index (χ2v) is 12.9. The van der Waals surface area contributed by atoms with Crippen LogP contribution in [-0.2, 0) is 14.4 Å². The third-order valence-corrected chi connectivity index (χ3v) is 10.4. The van der Waals surface area contributed by atoms with Crippen molar-refractivity contribution in [1.29, 1.82) is 0 Å². The number of sulfone groups is 1. The minimum atomic E-state index is -4.04. The van der Waals surface area contributed by atoms with Crippen molar-refractivity contribution in [2.75, 3.05) is 6.66 Å². The normalized spacial score (nSPS) is 13.7. The molecule has 0 amide bonds. The summed E-state index contributed by atoms with van der Waals surface area (Å²) in [6, 6.07) is 17.3. The van der Waals surface area contributed by atoms with Crippen LogP contribution < -0.4 is 10.6 Å². The van der Waals surface area contributed by atoms with Gasteiger partial charge in [-0.05, 0) is 32.6 Å². The number of aromatic amines is 1. The molecular formula is C25H22N3O4PS. The largest absolute Gasteiger partial charge is 0.361 e. The summed E-state index contributed by atoms with van der Waals surface area (Å²) in [5.41, 5.74) is 1.81. The Labute approximate surface area is 197 Å². The molecule has 5 aromatic rings. The molecule has 1 N–H and O–H groups in total. The number of rotatable bonds is 5. The van der Waals surface area contributed by atoms with E-state index in [2.05, 4.69) is 15.1 Å². The highest BCUT2D eigenvalue weighted by Crippen LogP contribution is 2.45. The molecule has 0 aliphatic rings. The lowest BCUT2D eigenvalue weighted by Crippen LogP contribution is -2.16. The molecule has 0 bridgehead atoms. The summed E-state index contributed by atoms with van der Waals surface area (Å²) in [4.78, 5) is 7.71. The maximum atomic E-state index is 14.2. The minimum absolute atomic E-state index is 0.0346. The number of aryl methyl sites for hydroxylation is 2. The minimum Gasteiger partial charge on any atom is -0.361 e. The summed E-state index contributed by atoms with van der Waals surface area (Å²) in [5, 5.41) is 5.36. The molecule has 0 aliphatic carbocycles. The van der Waals surface area contributed by atoms with Gasteiger partial charge in [0, 0.05) is 34.0 Å². The average Bonchev–Trinajstić information content (AvgIpc) is 3.42. The molecule has 0 fully saturated rings. The number of hydrogen-bond acceptors (Lipinski definition) is 6. The second kappa shape index (κ2) is 8.08. The summed E-state index contributed by atoms with van der Waals surface area (Å²) in [6.45, 7) is 5.12. The molecule has 9 heteroatoms. The fraction of sp³-hybridized carbons (Fsp3) is 0.120. The summed E-state index contributed by atoms with van der Waals surface area (Å²) < 4.78 is 47.7. The lowest BCUT2D eigenvalue weighted by molar-refractivity contribution is 0.393. The van der Waals surface area contributed by atoms with Gasteiger partial charge >= 0.3 is 0 Å². The van der Waals surface area contributed by atoms with E-state index in [4.69, 9.17) is 4.52 Å². The van der Waals surface area contributed by atoms with Gasteiger partial charge in [0.15, 0.2) is 0 Å². The van der Waals surface area contributed by atoms with Crippen LogP contribution in [0.3, 0.4) is 0 Å². The molecule has 3 aromatic heterocycles. The monoisotopic (exact) mass is 491 g/mol. The highest BCUT2D eigenvalue weighted by Gasteiger charge is 2.34. The molecule has 3 heterocycles. The van der Waals surface area contributed by atoms with E-state index in [1.807, 2.05) is 18.2 Å². The van der Waals surface area contributed by atoms with Crippen molar-refractivity contribution in [3.8, 4) is 11.1 Å². The number of aromatic nitrogens is 3. The van der Waals surface area contributed by atoms with E-state index in [1.54, 1.807) is 69.2 Å². The van der Waals surface area contributed by atoms with E-state index in [-0.39, 0.29) is 9.79 Å². The van der Waals surface area contributed by atoms with Gasteiger partial charge in [0.1, 0.15) is 18.5 Å². The highest BCUT2D eigenvalue weighted by molar-refractivity contribution is 7.92. The molecule has 34 heavy (non-hydrogen) atoms. The number of hydrogen-bond donors (Lipinski definition) is 1. The van der Waals surface area contributed by atoms with E-state index in [1.165, 1.54) is 6.20 Å². The number of H-pyrrole nitrogens is 1. The fourth-order valence-corrected chi connectivity index (χ4v) is 8.00. The molecule has 0 saturated carbocycles. The molecule has 1 unspecified atom stereocenters. The predicted molar refractivity (Wildman–Crippen MR) is 132 cm³/mol. The SMILES string of the molecule is Cc1noc(C)c1-c1cnc2[nH]cc(P(C)(=O)c3ccccc3)c2c1S(=O)(=O)c1ccccc1. The summed E-state index contributed by atoms with van der Waals surface area (Å²) in [5.74, 6) is 0.475. The van der Waals surface area contributed by atoms with Crippen molar-refractivity contribution >= 4 is 38.6 Å². The summed E-state index contributed by atoms with van der Waals surface area (Å²) in [6.07, 6.45) is 3.11. The number of benzene rings is 2. The van der Waals surface area contributed by atoms with Crippen molar-refractivity contribution < 1.29 is 17.5 Å². The first-order valence-electron chi connectivity index (χ1n) is 10.6. The van der Waals surface area contributed by atoms with Gasteiger partial charge in [-0.25, -0.2) is 13.4 Å². The van der Waals surface area contributed by atoms with E-state index in [0.717, 1.165) is 0 Å². The van der Waals surface area contributed by atoms with Crippen LogP contribution in [-0.4, -0.2) is 30.2 Å². The first-order chi connectivity index (χ1) is 16.2. The molecule has 2 aromatic carbocycles. The molecule has 0 saturated heterocycles. The maximum Gasteiger partial charge on any atom is 0.208 e. The standard InChI is InChI=1S/C25H22N3O4PS/c1-16-22(17(2)32-28-16)20-14-26-25-23(24(20)34(30,31)19-12-8-5-9-13-19)21(15-27-25)33(3,29)18-10-6-4-7-11-18/h4-15H,1-3H3,(H,26,27). The predicted octanol–water partition coefficient (Wildman–Crippen LogP) is 4.61. The van der Waals surface area contributed by atoms with Gasteiger partial charge in [0.25, 0.3) is 0 Å². The van der Waals surface area contributed by atoms with Crippen LogP contribution in [0.2, 0.25) is 0 Å². The zero-order chi connectivity index (χ0) is 24.1. The van der Waals surface area contributed by atoms with Gasteiger partial charge in [0.2, 0.25) is 9.84 Å². The third kappa shape index (κ3) is 3.42. The topological polar surface area (TPSA) is 106 Å². The van der Waals surface area contributed by atoms with Crippen LogP contribution in [0.1, 0.15) is 11.5 Å². The second-order valence-electron chi connectivity index (χ2n) is 8.17. The molecule has 1 atom stereocenters. The van der Waals surface area contributed by atoms with Gasteiger partial charge in [0.05, 0.1) is 21.0 Å². The third-order valence-electron chi connectivity index (χ3n) is 5.97. The lowest BCUT2D eigenvalue weighted by atomic mass is 10.1. The van der Waals surface area contributed by atoms with Gasteiger partial charge in [-0.2, -0.15) is 0 Å². The Balaban J connectivity index is 1.93. The van der Waals surface area contributed by atoms with Gasteiger partial charge < -0.3 is 14.1 Å². The number of fused-ring (bicyclic) bond motifs is 1. The molecule has 7 nitrogen and oxygen atoms in total. The lowest BCUT2D eigenvalue weighted by Gasteiger charge is -2.17. The van der Waals surface area contributed by atoms with Gasteiger partial charge in [-0.1, -0.05) is 53.7 Å². The van der Waals surface area contributed by atoms with Crippen molar-refractivity contribution in [1.82, 2.24) is 15.1 Å². The average molecular weight is 492 g/mol. The molecule has 0 spiro atoms. The maximum absolute atomic E-state index is 14.2. The Morgan fingerprint density at radius 1 is 0.971 bits per heavy atom. The quantitative estimate of drug-likeness (QED) is 0.360. The zero-order valence-corrected chi connectivity index (χ0v) is 20.5. The van der Waals surface area contributed by atoms with Crippen LogP contribution in [0.25, 0.3) is 22.2 Å². The Bertz CT molecular complexity index is 1650. The molecule has 172 valence electrons. The Kier molecular flexibility index (Phi) is 5.30. The number of nitrogens with one attached hydrogen (secondary N) is 1. The van der Waals surface area contributed by atoms with Crippen molar-refractivity contribution in [3.63, 3.8) is 0 Å². The highest BCUT2D eigenvalue weighted by atomic mass is 32.2. The smallest absolute Gasteiger partial charge is 0.208 e. The first kappa shape index (κ1) is 22.3. The van der Waals surface area contributed by atoms with Crippen molar-refractivity contribution in [2.45, 2.75) is 23.6 Å². The molecular weight excluding hydrogens is 469 g/mol. The summed E-state index contributed by atoms with van der Waals surface area (Å²) in [7, 11) is -7.22. The van der Waals surface area contributed by atoms with Gasteiger partial charge in [-0.15, -0.1) is 0 Å². The summed E-state index contributed by atoms with van der Waals surface area (Å²) >= 11 is 0. The number of pyridine rings is 1. The van der Waals surface area contributed by atoms with Gasteiger partial charge in [-0.3, -0.25) is 0 Å². The number of nitrogens with zero attached hydrogens (tertiary/aromatic N) is 2. The molecule has 0 radical (unpaired) electrons. The van der Waals surface area contributed by atoms with Crippen LogP contribution >= 0.6 is 7.14 Å². The van der Waals surface area contributed by atoms with Crippen LogP contribution in [0.15, 0.2) is 87.4 Å². The van der Waals surface area contributed by atoms with Crippen molar-refractivity contribution in [3.05, 3.63) is 84.5 Å². The van der Waals surface area contributed by atoms with E-state index in [0.29, 0.717) is 44.2 Å². The fourth-order valence-electron chi connectivity index (χ4n) is 4.28. The Morgan fingerprint density at radius 3 is 2.24 bits per heavy atom. The molecule has 5 rings (SSSR count). The van der Waals surface area contributed by atoms with E-state index < -0.39 is 17.0 Å². The van der Waals surface area contributed by atoms with Crippen LogP contribution in [0.5, 0.6) is 0 Å². The van der Waals surface area contributed by atoms with E-state index >= 15 is 0 Å². The first-order valence-corrected chi connectivity index (χ1v) is 14.2. The zero-order valence-electron chi connectivity index (χ0n) is 18.8.